The van der Waals surface area contributed by atoms with Gasteiger partial charge < -0.3 is 15.2 Å². The summed E-state index contributed by atoms with van der Waals surface area (Å²) in [6.07, 6.45) is 0. The first-order valence-electron chi connectivity index (χ1n) is 4.18. The van der Waals surface area contributed by atoms with Crippen LogP contribution in [0.1, 0.15) is 12.6 Å². The number of hydrogen-bond donors (Lipinski definition) is 1. The molecule has 0 unspecified atom stereocenters. The summed E-state index contributed by atoms with van der Waals surface area (Å²) in [5, 5.41) is 0. The minimum Gasteiger partial charge on any atom is -0.491 e. The summed E-state index contributed by atoms with van der Waals surface area (Å²) in [5.41, 5.74) is 6.24. The fraction of sp³-hybridized carbons (Fsp3) is 0.444. The van der Waals surface area contributed by atoms with Crippen molar-refractivity contribution in [3.05, 3.63) is 17.8 Å². The third-order valence-electron chi connectivity index (χ3n) is 1.59. The number of pyridine rings is 1. The first kappa shape index (κ1) is 9.80. The largest absolute Gasteiger partial charge is 0.491 e. The van der Waals surface area contributed by atoms with Crippen molar-refractivity contribution in [2.24, 2.45) is 5.73 Å². The van der Waals surface area contributed by atoms with Gasteiger partial charge in [-0.15, -0.1) is 0 Å². The topological polar surface area (TPSA) is 57.4 Å². The van der Waals surface area contributed by atoms with Gasteiger partial charge in [0.2, 0.25) is 0 Å². The zero-order valence-electron chi connectivity index (χ0n) is 7.91. The van der Waals surface area contributed by atoms with Gasteiger partial charge in [-0.2, -0.15) is 0 Å². The molecule has 1 rings (SSSR count). The van der Waals surface area contributed by atoms with Gasteiger partial charge in [0.05, 0.1) is 19.4 Å². The van der Waals surface area contributed by atoms with Gasteiger partial charge in [-0.1, -0.05) is 0 Å². The molecule has 0 saturated heterocycles. The van der Waals surface area contributed by atoms with Crippen LogP contribution in [-0.4, -0.2) is 18.7 Å². The number of methoxy groups -OCH3 is 1. The molecular formula is C9H14N2O2. The van der Waals surface area contributed by atoms with E-state index in [2.05, 4.69) is 4.98 Å². The Labute approximate surface area is 77.7 Å². The van der Waals surface area contributed by atoms with Crippen molar-refractivity contribution in [3.8, 4) is 11.6 Å². The van der Waals surface area contributed by atoms with Gasteiger partial charge in [0.15, 0.2) is 5.75 Å². The van der Waals surface area contributed by atoms with Gasteiger partial charge in [-0.05, 0) is 19.1 Å². The molecule has 0 aliphatic heterocycles. The molecule has 0 aromatic carbocycles. The van der Waals surface area contributed by atoms with Crippen molar-refractivity contribution in [2.45, 2.75) is 13.5 Å². The molecule has 0 bridgehead atoms. The third kappa shape index (κ3) is 2.32. The SMILES string of the molecule is CCOc1nc(CN)ccc1OC. The number of ether oxygens (including phenoxy) is 2. The number of rotatable bonds is 4. The van der Waals surface area contributed by atoms with Crippen LogP contribution in [0.25, 0.3) is 0 Å². The average molecular weight is 182 g/mol. The quantitative estimate of drug-likeness (QED) is 0.753. The molecule has 0 radical (unpaired) electrons. The Morgan fingerprint density at radius 3 is 2.77 bits per heavy atom. The third-order valence-corrected chi connectivity index (χ3v) is 1.59. The first-order valence-corrected chi connectivity index (χ1v) is 4.18. The fourth-order valence-electron chi connectivity index (χ4n) is 0.975. The van der Waals surface area contributed by atoms with Crippen molar-refractivity contribution in [2.75, 3.05) is 13.7 Å². The van der Waals surface area contributed by atoms with Crippen LogP contribution in [0.2, 0.25) is 0 Å². The highest BCUT2D eigenvalue weighted by atomic mass is 16.5. The van der Waals surface area contributed by atoms with E-state index in [9.17, 15) is 0 Å². The standard InChI is InChI=1S/C9H14N2O2/c1-3-13-9-8(12-2)5-4-7(6-10)11-9/h4-5H,3,6,10H2,1-2H3. The van der Waals surface area contributed by atoms with Crippen LogP contribution >= 0.6 is 0 Å². The van der Waals surface area contributed by atoms with E-state index in [0.717, 1.165) is 5.69 Å². The summed E-state index contributed by atoms with van der Waals surface area (Å²) in [6.45, 7) is 2.87. The highest BCUT2D eigenvalue weighted by Crippen LogP contribution is 2.23. The lowest BCUT2D eigenvalue weighted by atomic mass is 10.3. The second-order valence-electron chi connectivity index (χ2n) is 2.45. The maximum atomic E-state index is 5.45. The molecule has 1 aromatic heterocycles. The second kappa shape index (κ2) is 4.67. The van der Waals surface area contributed by atoms with E-state index >= 15 is 0 Å². The molecule has 0 amide bonds. The highest BCUT2D eigenvalue weighted by Gasteiger charge is 2.05. The lowest BCUT2D eigenvalue weighted by Crippen LogP contribution is -2.03. The Morgan fingerprint density at radius 1 is 1.46 bits per heavy atom. The normalized spacial score (nSPS) is 9.77. The Kier molecular flexibility index (Phi) is 3.52. The molecule has 1 aromatic rings. The molecule has 72 valence electrons. The summed E-state index contributed by atoms with van der Waals surface area (Å²) in [5.74, 6) is 1.15. The monoisotopic (exact) mass is 182 g/mol. The molecular weight excluding hydrogens is 168 g/mol. The molecule has 4 heteroatoms. The van der Waals surface area contributed by atoms with Gasteiger partial charge in [0.1, 0.15) is 0 Å². The molecule has 0 spiro atoms. The van der Waals surface area contributed by atoms with Crippen LogP contribution in [-0.2, 0) is 6.54 Å². The van der Waals surface area contributed by atoms with E-state index in [1.807, 2.05) is 13.0 Å². The van der Waals surface area contributed by atoms with Crippen LogP contribution in [0, 0.1) is 0 Å². The molecule has 2 N–H and O–H groups in total. The zero-order chi connectivity index (χ0) is 9.68. The maximum Gasteiger partial charge on any atom is 0.257 e. The predicted molar refractivity (Wildman–Crippen MR) is 49.8 cm³/mol. The summed E-state index contributed by atoms with van der Waals surface area (Å²) < 4.78 is 10.3. The first-order chi connectivity index (χ1) is 6.31. The van der Waals surface area contributed by atoms with Crippen molar-refractivity contribution < 1.29 is 9.47 Å². The summed E-state index contributed by atoms with van der Waals surface area (Å²) in [6, 6.07) is 3.63. The zero-order valence-corrected chi connectivity index (χ0v) is 7.91. The Bertz CT molecular complexity index is 276. The van der Waals surface area contributed by atoms with E-state index in [1.54, 1.807) is 13.2 Å². The molecule has 0 atom stereocenters. The van der Waals surface area contributed by atoms with Gasteiger partial charge in [-0.3, -0.25) is 0 Å². The van der Waals surface area contributed by atoms with Crippen molar-refractivity contribution >= 4 is 0 Å². The molecule has 0 aliphatic carbocycles. The van der Waals surface area contributed by atoms with E-state index in [1.165, 1.54) is 0 Å². The smallest absolute Gasteiger partial charge is 0.257 e. The van der Waals surface area contributed by atoms with Crippen molar-refractivity contribution in [3.63, 3.8) is 0 Å². The van der Waals surface area contributed by atoms with Gasteiger partial charge in [0, 0.05) is 6.54 Å². The maximum absolute atomic E-state index is 5.45. The molecule has 13 heavy (non-hydrogen) atoms. The minimum atomic E-state index is 0.407. The lowest BCUT2D eigenvalue weighted by Gasteiger charge is -2.08. The number of aromatic nitrogens is 1. The average Bonchev–Trinajstić information content (AvgIpc) is 2.18. The molecule has 1 heterocycles. The van der Waals surface area contributed by atoms with Gasteiger partial charge in [-0.25, -0.2) is 4.98 Å². The van der Waals surface area contributed by atoms with Gasteiger partial charge in [0.25, 0.3) is 5.88 Å². The van der Waals surface area contributed by atoms with Crippen LogP contribution in [0.3, 0.4) is 0 Å². The summed E-state index contributed by atoms with van der Waals surface area (Å²) in [7, 11) is 1.58. The molecule has 0 aliphatic rings. The minimum absolute atomic E-state index is 0.407. The fourth-order valence-corrected chi connectivity index (χ4v) is 0.975. The molecule has 0 saturated carbocycles. The van der Waals surface area contributed by atoms with Crippen molar-refractivity contribution in [1.82, 2.24) is 4.98 Å². The number of nitrogens with two attached hydrogens (primary N) is 1. The van der Waals surface area contributed by atoms with E-state index in [-0.39, 0.29) is 0 Å². The van der Waals surface area contributed by atoms with E-state index in [4.69, 9.17) is 15.2 Å². The Morgan fingerprint density at radius 2 is 2.23 bits per heavy atom. The second-order valence-corrected chi connectivity index (χ2v) is 2.45. The van der Waals surface area contributed by atoms with Crippen LogP contribution in [0.5, 0.6) is 11.6 Å². The molecule has 0 fully saturated rings. The van der Waals surface area contributed by atoms with E-state index < -0.39 is 0 Å². The van der Waals surface area contributed by atoms with Crippen molar-refractivity contribution in [1.29, 1.82) is 0 Å². The van der Waals surface area contributed by atoms with Crippen LogP contribution < -0.4 is 15.2 Å². The Balaban J connectivity index is 2.95. The van der Waals surface area contributed by atoms with Crippen LogP contribution in [0.4, 0.5) is 0 Å². The lowest BCUT2D eigenvalue weighted by molar-refractivity contribution is 0.297. The van der Waals surface area contributed by atoms with Gasteiger partial charge >= 0.3 is 0 Å². The number of hydrogen-bond acceptors (Lipinski definition) is 4. The summed E-state index contributed by atoms with van der Waals surface area (Å²) in [4.78, 5) is 4.18. The Hall–Kier alpha value is -1.29. The number of nitrogens with zero attached hydrogens (tertiary/aromatic N) is 1. The molecule has 4 nitrogen and oxygen atoms in total. The highest BCUT2D eigenvalue weighted by molar-refractivity contribution is 5.34. The van der Waals surface area contributed by atoms with Crippen LogP contribution in [0.15, 0.2) is 12.1 Å². The summed E-state index contributed by atoms with van der Waals surface area (Å²) >= 11 is 0. The van der Waals surface area contributed by atoms with E-state index in [0.29, 0.717) is 24.8 Å². The predicted octanol–water partition coefficient (Wildman–Crippen LogP) is 0.948.